The van der Waals surface area contributed by atoms with Crippen molar-refractivity contribution in [1.29, 1.82) is 0 Å². The van der Waals surface area contributed by atoms with Crippen molar-refractivity contribution >= 4 is 15.9 Å². The second kappa shape index (κ2) is 5.32. The number of sulfonamides is 1. The number of likely N-dealkylation sites (N-methyl/N-ethyl adjacent to an activating group) is 1. The van der Waals surface area contributed by atoms with Crippen LogP contribution in [0.2, 0.25) is 0 Å². The number of rotatable bonds is 3. The average Bonchev–Trinajstić information content (AvgIpc) is 2.92. The average molecular weight is 286 g/mol. The maximum atomic E-state index is 12.5. The van der Waals surface area contributed by atoms with Gasteiger partial charge in [0.05, 0.1) is 4.90 Å². The fourth-order valence-electron chi connectivity index (χ4n) is 2.09. The molecule has 106 valence electrons. The lowest BCUT2D eigenvalue weighted by Crippen LogP contribution is -2.59. The Hall–Kier alpha value is -1.38. The van der Waals surface area contributed by atoms with E-state index in [1.807, 2.05) is 0 Å². The molecule has 0 aromatic carbocycles. The van der Waals surface area contributed by atoms with Crippen LogP contribution in [0, 0.1) is 0 Å². The molecule has 1 aromatic heterocycles. The summed E-state index contributed by atoms with van der Waals surface area (Å²) >= 11 is 0. The van der Waals surface area contributed by atoms with E-state index >= 15 is 0 Å². The van der Waals surface area contributed by atoms with Crippen molar-refractivity contribution in [3.8, 4) is 0 Å². The van der Waals surface area contributed by atoms with E-state index in [4.69, 9.17) is 0 Å². The van der Waals surface area contributed by atoms with Crippen molar-refractivity contribution in [2.75, 3.05) is 33.7 Å². The van der Waals surface area contributed by atoms with Crippen LogP contribution in [0.25, 0.3) is 0 Å². The van der Waals surface area contributed by atoms with Gasteiger partial charge in [-0.2, -0.15) is 4.31 Å². The third kappa shape index (κ3) is 2.65. The van der Waals surface area contributed by atoms with Crippen LogP contribution in [0.5, 0.6) is 0 Å². The lowest BCUT2D eigenvalue weighted by molar-refractivity contribution is -0.133. The van der Waals surface area contributed by atoms with E-state index in [0.29, 0.717) is 13.1 Å². The summed E-state index contributed by atoms with van der Waals surface area (Å²) in [7, 11) is -0.386. The van der Waals surface area contributed by atoms with Crippen LogP contribution in [-0.4, -0.2) is 68.3 Å². The van der Waals surface area contributed by atoms with Crippen molar-refractivity contribution < 1.29 is 13.2 Å². The molecule has 0 aliphatic carbocycles. The first-order chi connectivity index (χ1) is 8.94. The summed E-state index contributed by atoms with van der Waals surface area (Å²) < 4.78 is 26.3. The maximum Gasteiger partial charge on any atom is 0.245 e. The van der Waals surface area contributed by atoms with Crippen LogP contribution >= 0.6 is 0 Å². The van der Waals surface area contributed by atoms with Gasteiger partial charge in [0.15, 0.2) is 0 Å². The zero-order chi connectivity index (χ0) is 14.0. The standard InChI is InChI=1S/C11H18N4O3S/c1-14(2)11(16)10-8-13-5-6-15(10)19(17,18)9-3-4-12-7-9/h3-4,7,10,12-13H,5-6,8H2,1-2H3. The minimum Gasteiger partial charge on any atom is -0.366 e. The van der Waals surface area contributed by atoms with Crippen LogP contribution in [0.4, 0.5) is 0 Å². The highest BCUT2D eigenvalue weighted by atomic mass is 32.2. The zero-order valence-electron chi connectivity index (χ0n) is 11.0. The molecule has 1 aromatic rings. The maximum absolute atomic E-state index is 12.5. The van der Waals surface area contributed by atoms with Crippen molar-refractivity contribution in [2.45, 2.75) is 10.9 Å². The largest absolute Gasteiger partial charge is 0.366 e. The topological polar surface area (TPSA) is 85.5 Å². The molecule has 2 heterocycles. The summed E-state index contributed by atoms with van der Waals surface area (Å²) in [5.74, 6) is -0.216. The number of nitrogens with one attached hydrogen (secondary N) is 2. The molecule has 0 bridgehead atoms. The Bertz CT molecular complexity index is 538. The number of carbonyl (C=O) groups excluding carboxylic acids is 1. The van der Waals surface area contributed by atoms with Gasteiger partial charge < -0.3 is 15.2 Å². The molecule has 8 heteroatoms. The summed E-state index contributed by atoms with van der Waals surface area (Å²) in [5.41, 5.74) is 0. The number of hydrogen-bond acceptors (Lipinski definition) is 4. The van der Waals surface area contributed by atoms with E-state index in [1.165, 1.54) is 21.5 Å². The molecule has 7 nitrogen and oxygen atoms in total. The Morgan fingerprint density at radius 1 is 1.47 bits per heavy atom. The minimum atomic E-state index is -3.63. The van der Waals surface area contributed by atoms with Crippen molar-refractivity contribution in [3.63, 3.8) is 0 Å². The fraction of sp³-hybridized carbons (Fsp3) is 0.545. The Morgan fingerprint density at radius 3 is 2.79 bits per heavy atom. The van der Waals surface area contributed by atoms with Crippen LogP contribution in [0.15, 0.2) is 23.4 Å². The molecule has 1 saturated heterocycles. The number of carbonyl (C=O) groups is 1. The van der Waals surface area contributed by atoms with Gasteiger partial charge >= 0.3 is 0 Å². The first-order valence-electron chi connectivity index (χ1n) is 6.01. The molecule has 2 rings (SSSR count). The van der Waals surface area contributed by atoms with Crippen molar-refractivity contribution in [1.82, 2.24) is 19.5 Å². The van der Waals surface area contributed by atoms with Gasteiger partial charge in [-0.1, -0.05) is 0 Å². The molecule has 1 unspecified atom stereocenters. The van der Waals surface area contributed by atoms with Gasteiger partial charge in [-0.05, 0) is 6.07 Å². The molecule has 1 fully saturated rings. The van der Waals surface area contributed by atoms with Crippen LogP contribution in [-0.2, 0) is 14.8 Å². The Labute approximate surface area is 112 Å². The predicted octanol–water partition coefficient (Wildman–Crippen LogP) is -0.935. The molecule has 19 heavy (non-hydrogen) atoms. The lowest BCUT2D eigenvalue weighted by Gasteiger charge is -2.35. The van der Waals surface area contributed by atoms with Gasteiger partial charge in [0.1, 0.15) is 6.04 Å². The predicted molar refractivity (Wildman–Crippen MR) is 70.0 cm³/mol. The molecule has 1 aliphatic heterocycles. The highest BCUT2D eigenvalue weighted by Crippen LogP contribution is 2.19. The molecular formula is C11H18N4O3S. The monoisotopic (exact) mass is 286 g/mol. The van der Waals surface area contributed by atoms with E-state index in [1.54, 1.807) is 20.3 Å². The van der Waals surface area contributed by atoms with Gasteiger partial charge in [0, 0.05) is 46.1 Å². The van der Waals surface area contributed by atoms with Crippen molar-refractivity contribution in [3.05, 3.63) is 18.5 Å². The second-order valence-corrected chi connectivity index (χ2v) is 6.51. The molecule has 0 saturated carbocycles. The van der Waals surface area contributed by atoms with Gasteiger partial charge in [-0.3, -0.25) is 4.79 Å². The molecule has 0 spiro atoms. The summed E-state index contributed by atoms with van der Waals surface area (Å²) in [6.45, 7) is 1.17. The highest BCUT2D eigenvalue weighted by Gasteiger charge is 2.38. The highest BCUT2D eigenvalue weighted by molar-refractivity contribution is 7.89. The van der Waals surface area contributed by atoms with E-state index in [2.05, 4.69) is 10.3 Å². The molecule has 1 amide bonds. The molecule has 2 N–H and O–H groups in total. The molecule has 1 atom stereocenters. The number of hydrogen-bond donors (Lipinski definition) is 2. The SMILES string of the molecule is CN(C)C(=O)C1CNCCN1S(=O)(=O)c1cc[nH]c1. The van der Waals surface area contributed by atoms with Gasteiger partial charge in [-0.25, -0.2) is 8.42 Å². The van der Waals surface area contributed by atoms with Crippen LogP contribution < -0.4 is 5.32 Å². The van der Waals surface area contributed by atoms with Gasteiger partial charge in [0.25, 0.3) is 0 Å². The van der Waals surface area contributed by atoms with E-state index in [0.717, 1.165) is 0 Å². The molecular weight excluding hydrogens is 268 g/mol. The smallest absolute Gasteiger partial charge is 0.245 e. The number of aromatic amines is 1. The van der Waals surface area contributed by atoms with Gasteiger partial charge in [-0.15, -0.1) is 0 Å². The summed E-state index contributed by atoms with van der Waals surface area (Å²) in [4.78, 5) is 16.4. The Kier molecular flexibility index (Phi) is 3.93. The third-order valence-electron chi connectivity index (χ3n) is 3.10. The zero-order valence-corrected chi connectivity index (χ0v) is 11.8. The van der Waals surface area contributed by atoms with E-state index < -0.39 is 16.1 Å². The van der Waals surface area contributed by atoms with Crippen LogP contribution in [0.3, 0.4) is 0 Å². The van der Waals surface area contributed by atoms with Crippen molar-refractivity contribution in [2.24, 2.45) is 0 Å². The van der Waals surface area contributed by atoms with Gasteiger partial charge in [0.2, 0.25) is 15.9 Å². The minimum absolute atomic E-state index is 0.186. The third-order valence-corrected chi connectivity index (χ3v) is 5.00. The number of amides is 1. The normalized spacial score (nSPS) is 21.3. The summed E-state index contributed by atoms with van der Waals surface area (Å²) in [5, 5.41) is 3.06. The van der Waals surface area contributed by atoms with Crippen LogP contribution in [0.1, 0.15) is 0 Å². The number of aromatic nitrogens is 1. The number of H-pyrrole nitrogens is 1. The molecule has 0 radical (unpaired) electrons. The number of piperazine rings is 1. The molecule has 1 aliphatic rings. The van der Waals surface area contributed by atoms with E-state index in [-0.39, 0.29) is 17.3 Å². The second-order valence-electron chi connectivity index (χ2n) is 4.62. The Morgan fingerprint density at radius 2 is 2.21 bits per heavy atom. The fourth-order valence-corrected chi connectivity index (χ4v) is 3.65. The quantitative estimate of drug-likeness (QED) is 0.751. The van der Waals surface area contributed by atoms with E-state index in [9.17, 15) is 13.2 Å². The lowest BCUT2D eigenvalue weighted by atomic mass is 10.2. The first-order valence-corrected chi connectivity index (χ1v) is 7.45. The Balaban J connectivity index is 2.33. The summed E-state index contributed by atoms with van der Waals surface area (Å²) in [6, 6.07) is 0.804. The first kappa shape index (κ1) is 14.0. The number of nitrogens with zero attached hydrogens (tertiary/aromatic N) is 2. The summed E-state index contributed by atoms with van der Waals surface area (Å²) in [6.07, 6.45) is 2.98.